The molecule has 0 spiro atoms. The highest BCUT2D eigenvalue weighted by atomic mass is 16.6. The van der Waals surface area contributed by atoms with E-state index in [1.165, 1.54) is 13.0 Å². The highest BCUT2D eigenvalue weighted by Crippen LogP contribution is 2.27. The Morgan fingerprint density at radius 1 is 1.16 bits per heavy atom. The minimum Gasteiger partial charge on any atom is -0.382 e. The predicted octanol–water partition coefficient (Wildman–Crippen LogP) is 3.90. The van der Waals surface area contributed by atoms with E-state index in [1.54, 1.807) is 29.4 Å². The van der Waals surface area contributed by atoms with Crippen LogP contribution in [0.2, 0.25) is 0 Å². The first-order chi connectivity index (χ1) is 15.5. The van der Waals surface area contributed by atoms with Gasteiger partial charge in [0.1, 0.15) is 5.52 Å². The number of anilines is 1. The van der Waals surface area contributed by atoms with Gasteiger partial charge in [-0.1, -0.05) is 36.4 Å². The lowest BCUT2D eigenvalue weighted by atomic mass is 10.1. The lowest BCUT2D eigenvalue weighted by Gasteiger charge is -2.21. The molecule has 9 heteroatoms. The summed E-state index contributed by atoms with van der Waals surface area (Å²) in [6.45, 7) is 2.92. The summed E-state index contributed by atoms with van der Waals surface area (Å²) < 4.78 is 2.07. The zero-order valence-corrected chi connectivity index (χ0v) is 17.8. The van der Waals surface area contributed by atoms with Crippen molar-refractivity contribution < 1.29 is 9.72 Å². The summed E-state index contributed by atoms with van der Waals surface area (Å²) in [6.07, 6.45) is 3.33. The Morgan fingerprint density at radius 3 is 2.69 bits per heavy atom. The van der Waals surface area contributed by atoms with Crippen molar-refractivity contribution in [3.63, 3.8) is 0 Å². The van der Waals surface area contributed by atoms with Gasteiger partial charge in [0.05, 0.1) is 28.8 Å². The van der Waals surface area contributed by atoms with Gasteiger partial charge < -0.3 is 15.2 Å². The Labute approximate surface area is 184 Å². The molecular weight excluding hydrogens is 408 g/mol. The molecule has 0 fully saturated rings. The number of nitro groups is 1. The number of nitrogens with zero attached hydrogens (tertiary/aromatic N) is 5. The third-order valence-electron chi connectivity index (χ3n) is 5.55. The minimum atomic E-state index is -0.414. The topological polar surface area (TPSA) is 120 Å². The Kier molecular flexibility index (Phi) is 5.98. The SMILES string of the molecule is CC(=O)N(CCCCn1cnc2c(N)nc3ccccc3c21)Cc1ccccc1[N+](=O)[O-]. The summed E-state index contributed by atoms with van der Waals surface area (Å²) in [5, 5.41) is 12.3. The summed E-state index contributed by atoms with van der Waals surface area (Å²) >= 11 is 0. The van der Waals surface area contributed by atoms with E-state index in [9.17, 15) is 14.9 Å². The molecule has 0 aliphatic carbocycles. The van der Waals surface area contributed by atoms with Crippen molar-refractivity contribution in [2.45, 2.75) is 32.9 Å². The van der Waals surface area contributed by atoms with Crippen LogP contribution >= 0.6 is 0 Å². The van der Waals surface area contributed by atoms with Crippen LogP contribution in [0.25, 0.3) is 21.9 Å². The van der Waals surface area contributed by atoms with Crippen LogP contribution in [0.3, 0.4) is 0 Å². The van der Waals surface area contributed by atoms with Crippen molar-refractivity contribution in [2.24, 2.45) is 0 Å². The fourth-order valence-electron chi connectivity index (χ4n) is 3.94. The van der Waals surface area contributed by atoms with Crippen LogP contribution in [0.4, 0.5) is 11.5 Å². The molecule has 0 bridgehead atoms. The Bertz CT molecular complexity index is 1300. The maximum atomic E-state index is 12.1. The number of amides is 1. The molecule has 0 atom stereocenters. The number of fused-ring (bicyclic) bond motifs is 3. The molecule has 2 N–H and O–H groups in total. The summed E-state index contributed by atoms with van der Waals surface area (Å²) in [6, 6.07) is 14.3. The lowest BCUT2D eigenvalue weighted by Crippen LogP contribution is -2.29. The smallest absolute Gasteiger partial charge is 0.274 e. The van der Waals surface area contributed by atoms with Crippen molar-refractivity contribution in [2.75, 3.05) is 12.3 Å². The van der Waals surface area contributed by atoms with Gasteiger partial charge in [-0.05, 0) is 18.9 Å². The standard InChI is InChI=1S/C23H24N6O3/c1-16(30)27(14-17-8-2-5-11-20(17)29(31)32)12-6-7-13-28-15-25-21-22(28)18-9-3-4-10-19(18)26-23(21)24/h2-5,8-11,15H,6-7,12-14H2,1H3,(H2,24,26). The number of hydrogen-bond donors (Lipinski definition) is 1. The third-order valence-corrected chi connectivity index (χ3v) is 5.55. The number of pyridine rings is 1. The monoisotopic (exact) mass is 432 g/mol. The number of aryl methyl sites for hydroxylation is 1. The molecule has 2 aromatic carbocycles. The summed E-state index contributed by atoms with van der Waals surface area (Å²) in [4.78, 5) is 33.5. The van der Waals surface area contributed by atoms with Crippen molar-refractivity contribution >= 4 is 39.3 Å². The second-order valence-corrected chi connectivity index (χ2v) is 7.68. The van der Waals surface area contributed by atoms with Crippen LogP contribution in [0.1, 0.15) is 25.3 Å². The second-order valence-electron chi connectivity index (χ2n) is 7.68. The van der Waals surface area contributed by atoms with E-state index in [4.69, 9.17) is 5.73 Å². The molecule has 0 saturated carbocycles. The number of carbonyl (C=O) groups excluding carboxylic acids is 1. The molecule has 2 aromatic heterocycles. The number of carbonyl (C=O) groups is 1. The average Bonchev–Trinajstić information content (AvgIpc) is 3.21. The number of nitro benzene ring substituents is 1. The van der Waals surface area contributed by atoms with E-state index in [0.29, 0.717) is 30.0 Å². The zero-order valence-electron chi connectivity index (χ0n) is 17.8. The van der Waals surface area contributed by atoms with Gasteiger partial charge in [0, 0.05) is 37.0 Å². The van der Waals surface area contributed by atoms with E-state index in [2.05, 4.69) is 14.5 Å². The molecule has 32 heavy (non-hydrogen) atoms. The van der Waals surface area contributed by atoms with Crippen molar-refractivity contribution in [1.82, 2.24) is 19.4 Å². The fraction of sp³-hybridized carbons (Fsp3) is 0.261. The molecule has 1 amide bonds. The predicted molar refractivity (Wildman–Crippen MR) is 123 cm³/mol. The lowest BCUT2D eigenvalue weighted by molar-refractivity contribution is -0.385. The number of benzene rings is 2. The first-order valence-corrected chi connectivity index (χ1v) is 10.4. The molecule has 2 heterocycles. The summed E-state index contributed by atoms with van der Waals surface area (Å²) in [7, 11) is 0. The highest BCUT2D eigenvalue weighted by Gasteiger charge is 2.17. The first kappa shape index (κ1) is 21.2. The molecule has 9 nitrogen and oxygen atoms in total. The zero-order chi connectivity index (χ0) is 22.7. The van der Waals surface area contributed by atoms with Crippen molar-refractivity contribution in [3.8, 4) is 0 Å². The molecule has 0 saturated heterocycles. The van der Waals surface area contributed by atoms with E-state index in [-0.39, 0.29) is 18.1 Å². The number of hydrogen-bond acceptors (Lipinski definition) is 6. The average molecular weight is 432 g/mol. The molecule has 0 aliphatic heterocycles. The van der Waals surface area contributed by atoms with Gasteiger partial charge in [-0.15, -0.1) is 0 Å². The fourth-order valence-corrected chi connectivity index (χ4v) is 3.94. The molecule has 164 valence electrons. The number of unbranched alkanes of at least 4 members (excludes halogenated alkanes) is 1. The number of nitrogen functional groups attached to an aromatic ring is 1. The molecule has 4 aromatic rings. The van der Waals surface area contributed by atoms with Gasteiger partial charge in [0.15, 0.2) is 5.82 Å². The van der Waals surface area contributed by atoms with Crippen LogP contribution < -0.4 is 5.73 Å². The number of aromatic nitrogens is 3. The Hall–Kier alpha value is -4.01. The van der Waals surface area contributed by atoms with Crippen molar-refractivity contribution in [3.05, 3.63) is 70.5 Å². The molecule has 4 rings (SSSR count). The quantitative estimate of drug-likeness (QED) is 0.256. The van der Waals surface area contributed by atoms with Gasteiger partial charge in [-0.2, -0.15) is 0 Å². The van der Waals surface area contributed by atoms with Gasteiger partial charge >= 0.3 is 0 Å². The molecule has 0 radical (unpaired) electrons. The van der Waals surface area contributed by atoms with Crippen LogP contribution in [-0.4, -0.2) is 36.8 Å². The van der Waals surface area contributed by atoms with Crippen LogP contribution in [-0.2, 0) is 17.9 Å². The van der Waals surface area contributed by atoms with Gasteiger partial charge in [-0.25, -0.2) is 9.97 Å². The highest BCUT2D eigenvalue weighted by molar-refractivity contribution is 6.06. The van der Waals surface area contributed by atoms with Gasteiger partial charge in [0.25, 0.3) is 5.69 Å². The van der Waals surface area contributed by atoms with E-state index in [1.807, 2.05) is 24.3 Å². The van der Waals surface area contributed by atoms with Gasteiger partial charge in [0.2, 0.25) is 5.91 Å². The van der Waals surface area contributed by atoms with Crippen LogP contribution in [0.15, 0.2) is 54.9 Å². The summed E-state index contributed by atoms with van der Waals surface area (Å²) in [5.41, 5.74) is 9.12. The number of nitrogens with two attached hydrogens (primary N) is 1. The number of rotatable bonds is 8. The largest absolute Gasteiger partial charge is 0.382 e. The third kappa shape index (κ3) is 4.22. The Morgan fingerprint density at radius 2 is 1.91 bits per heavy atom. The summed E-state index contributed by atoms with van der Waals surface area (Å²) in [5.74, 6) is 0.297. The second kappa shape index (κ2) is 9.01. The van der Waals surface area contributed by atoms with Crippen LogP contribution in [0.5, 0.6) is 0 Å². The minimum absolute atomic E-state index is 0.0294. The Balaban J connectivity index is 1.45. The van der Waals surface area contributed by atoms with E-state index >= 15 is 0 Å². The van der Waals surface area contributed by atoms with E-state index < -0.39 is 4.92 Å². The molecule has 0 unspecified atom stereocenters. The normalized spacial score (nSPS) is 11.2. The maximum Gasteiger partial charge on any atom is 0.274 e. The van der Waals surface area contributed by atoms with Gasteiger partial charge in [-0.3, -0.25) is 14.9 Å². The van der Waals surface area contributed by atoms with E-state index in [0.717, 1.165) is 29.3 Å². The number of imidazole rings is 1. The maximum absolute atomic E-state index is 12.1. The number of para-hydroxylation sites is 2. The first-order valence-electron chi connectivity index (χ1n) is 10.4. The van der Waals surface area contributed by atoms with Crippen LogP contribution in [0, 0.1) is 10.1 Å². The molecular formula is C23H24N6O3. The molecule has 0 aliphatic rings. The van der Waals surface area contributed by atoms with Crippen molar-refractivity contribution in [1.29, 1.82) is 0 Å².